The summed E-state index contributed by atoms with van der Waals surface area (Å²) in [7, 11) is 1.29. The molecule has 2 N–H and O–H groups in total. The van der Waals surface area contributed by atoms with Crippen molar-refractivity contribution >= 4 is 28.9 Å². The van der Waals surface area contributed by atoms with Gasteiger partial charge in [0.25, 0.3) is 11.8 Å². The quantitative estimate of drug-likeness (QED) is 0.613. The first kappa shape index (κ1) is 19.0. The minimum Gasteiger partial charge on any atom is -0.494 e. The van der Waals surface area contributed by atoms with Crippen molar-refractivity contribution in [2.24, 2.45) is 0 Å². The smallest absolute Gasteiger partial charge is 0.322 e. The Balaban J connectivity index is 1.56. The number of furan rings is 1. The number of ether oxygens (including phenoxy) is 1. The van der Waals surface area contributed by atoms with Gasteiger partial charge < -0.3 is 19.4 Å². The number of halogens is 2. The first-order chi connectivity index (χ1) is 14.8. The fourth-order valence-corrected chi connectivity index (χ4v) is 3.93. The van der Waals surface area contributed by atoms with Gasteiger partial charge in [-0.2, -0.15) is 0 Å². The summed E-state index contributed by atoms with van der Waals surface area (Å²) in [5.41, 5.74) is -1.22. The minimum atomic E-state index is -1.80. The molecule has 31 heavy (non-hydrogen) atoms. The molecule has 9 nitrogen and oxygen atoms in total. The van der Waals surface area contributed by atoms with Crippen LogP contribution in [0.1, 0.15) is 21.7 Å². The van der Waals surface area contributed by atoms with E-state index in [9.17, 15) is 23.2 Å². The van der Waals surface area contributed by atoms with Crippen LogP contribution in [0.25, 0.3) is 11.1 Å². The van der Waals surface area contributed by atoms with Gasteiger partial charge in [-0.3, -0.25) is 14.9 Å². The Morgan fingerprint density at radius 3 is 2.77 bits per heavy atom. The molecule has 1 saturated heterocycles. The van der Waals surface area contributed by atoms with Crippen molar-refractivity contribution in [3.05, 3.63) is 59.0 Å². The summed E-state index contributed by atoms with van der Waals surface area (Å²) >= 11 is 0. The van der Waals surface area contributed by atoms with E-state index < -0.39 is 35.0 Å². The third kappa shape index (κ3) is 2.73. The second-order valence-electron chi connectivity index (χ2n) is 7.24. The number of hydrogen-bond acceptors (Lipinski definition) is 6. The highest BCUT2D eigenvalue weighted by Gasteiger charge is 2.53. The Bertz CT molecular complexity index is 1290. The van der Waals surface area contributed by atoms with E-state index in [2.05, 4.69) is 15.6 Å². The van der Waals surface area contributed by atoms with Gasteiger partial charge in [0, 0.05) is 18.7 Å². The molecule has 1 aromatic carbocycles. The summed E-state index contributed by atoms with van der Waals surface area (Å²) in [5, 5.41) is 4.62. The van der Waals surface area contributed by atoms with Crippen molar-refractivity contribution in [2.75, 3.05) is 13.7 Å². The molecule has 3 aromatic rings. The third-order valence-electron chi connectivity index (χ3n) is 5.40. The maximum Gasteiger partial charge on any atom is 0.322 e. The number of carbonyl (C=O) groups is 3. The molecule has 5 rings (SSSR count). The molecule has 1 atom stereocenters. The lowest BCUT2D eigenvalue weighted by molar-refractivity contribution is -0.125. The number of nitrogens with one attached hydrogen (secondary N) is 2. The van der Waals surface area contributed by atoms with Gasteiger partial charge in [-0.25, -0.2) is 18.6 Å². The van der Waals surface area contributed by atoms with Gasteiger partial charge in [-0.05, 0) is 11.6 Å². The van der Waals surface area contributed by atoms with Crippen LogP contribution in [0.3, 0.4) is 0 Å². The number of urea groups is 1. The van der Waals surface area contributed by atoms with Gasteiger partial charge >= 0.3 is 6.03 Å². The second kappa shape index (κ2) is 6.49. The first-order valence-corrected chi connectivity index (χ1v) is 9.16. The lowest BCUT2D eigenvalue weighted by Crippen LogP contribution is -2.52. The van der Waals surface area contributed by atoms with Crippen molar-refractivity contribution < 1.29 is 32.3 Å². The normalized spacial score (nSPS) is 20.2. The summed E-state index contributed by atoms with van der Waals surface area (Å²) in [6, 6.07) is 4.65. The van der Waals surface area contributed by atoms with E-state index >= 15 is 0 Å². The van der Waals surface area contributed by atoms with E-state index in [4.69, 9.17) is 9.15 Å². The Morgan fingerprint density at radius 2 is 2.06 bits per heavy atom. The standard InChI is InChI=1S/C20H14F2N4O5/c1-30-12-3-2-9-7-26(17(27)15(9)16(12)22)8-20(18(28)24-19(29)25-20)14-5-11-13(31-14)4-10(21)6-23-11/h2-6H,7-8H2,1H3,(H2,24,25,28,29)/t20-/m0/s1. The average molecular weight is 428 g/mol. The highest BCUT2D eigenvalue weighted by molar-refractivity contribution is 6.08. The molecule has 4 amide bonds. The highest BCUT2D eigenvalue weighted by Crippen LogP contribution is 2.36. The number of methoxy groups -OCH3 is 1. The molecule has 0 bridgehead atoms. The van der Waals surface area contributed by atoms with E-state index in [0.717, 1.165) is 12.3 Å². The molecule has 11 heteroatoms. The molecular formula is C20H14F2N4O5. The predicted octanol–water partition coefficient (Wildman–Crippen LogP) is 1.81. The number of nitrogens with zero attached hydrogens (tertiary/aromatic N) is 2. The van der Waals surface area contributed by atoms with Crippen LogP contribution in [0.5, 0.6) is 5.75 Å². The van der Waals surface area contributed by atoms with Crippen LogP contribution in [0.4, 0.5) is 13.6 Å². The van der Waals surface area contributed by atoms with Gasteiger partial charge in [-0.15, -0.1) is 0 Å². The predicted molar refractivity (Wildman–Crippen MR) is 100 cm³/mol. The molecule has 158 valence electrons. The molecule has 0 radical (unpaired) electrons. The van der Waals surface area contributed by atoms with Crippen LogP contribution in [0.15, 0.2) is 34.9 Å². The molecule has 0 aliphatic carbocycles. The Labute approximate surface area is 173 Å². The Hall–Kier alpha value is -4.02. The number of hydrogen-bond donors (Lipinski definition) is 2. The molecule has 4 heterocycles. The molecule has 0 spiro atoms. The van der Waals surface area contributed by atoms with Crippen LogP contribution in [-0.4, -0.2) is 41.4 Å². The van der Waals surface area contributed by atoms with Gasteiger partial charge in [0.1, 0.15) is 17.1 Å². The van der Waals surface area contributed by atoms with Crippen molar-refractivity contribution in [3.63, 3.8) is 0 Å². The summed E-state index contributed by atoms with van der Waals surface area (Å²) < 4.78 is 38.7. The van der Waals surface area contributed by atoms with Crippen molar-refractivity contribution in [3.8, 4) is 5.75 Å². The summed E-state index contributed by atoms with van der Waals surface area (Å²) in [4.78, 5) is 42.9. The van der Waals surface area contributed by atoms with Crippen LogP contribution >= 0.6 is 0 Å². The number of imide groups is 1. The number of carbonyl (C=O) groups excluding carboxylic acids is 3. The third-order valence-corrected chi connectivity index (χ3v) is 5.40. The van der Waals surface area contributed by atoms with Gasteiger partial charge in [0.15, 0.2) is 22.7 Å². The highest BCUT2D eigenvalue weighted by atomic mass is 19.1. The van der Waals surface area contributed by atoms with E-state index in [-0.39, 0.29) is 41.3 Å². The van der Waals surface area contributed by atoms with Crippen LogP contribution in [0.2, 0.25) is 0 Å². The summed E-state index contributed by atoms with van der Waals surface area (Å²) in [6.45, 7) is -0.338. The number of aromatic nitrogens is 1. The Morgan fingerprint density at radius 1 is 1.26 bits per heavy atom. The van der Waals surface area contributed by atoms with Crippen molar-refractivity contribution in [2.45, 2.75) is 12.1 Å². The first-order valence-electron chi connectivity index (χ1n) is 9.16. The number of rotatable bonds is 4. The number of pyridine rings is 1. The zero-order valence-electron chi connectivity index (χ0n) is 16.0. The topological polar surface area (TPSA) is 114 Å². The number of amides is 4. The van der Waals surface area contributed by atoms with Gasteiger partial charge in [-0.1, -0.05) is 6.07 Å². The lowest BCUT2D eigenvalue weighted by atomic mass is 9.95. The molecule has 1 fully saturated rings. The maximum absolute atomic E-state index is 14.7. The summed E-state index contributed by atoms with van der Waals surface area (Å²) in [6.07, 6.45) is 0.985. The summed E-state index contributed by atoms with van der Waals surface area (Å²) in [5.74, 6) is -2.99. The zero-order valence-corrected chi connectivity index (χ0v) is 16.0. The zero-order chi connectivity index (χ0) is 21.9. The SMILES string of the molecule is COc1ccc2c(c1F)C(=O)N(C[C@@]1(c3cc4ncc(F)cc4o3)NC(=O)NC1=O)C2. The van der Waals surface area contributed by atoms with Crippen LogP contribution in [0, 0.1) is 11.6 Å². The van der Waals surface area contributed by atoms with E-state index in [1.807, 2.05) is 0 Å². The molecule has 2 aromatic heterocycles. The van der Waals surface area contributed by atoms with Crippen molar-refractivity contribution in [1.82, 2.24) is 20.5 Å². The lowest BCUT2D eigenvalue weighted by Gasteiger charge is -2.28. The van der Waals surface area contributed by atoms with Gasteiger partial charge in [0.05, 0.1) is 25.4 Å². The monoisotopic (exact) mass is 428 g/mol. The van der Waals surface area contributed by atoms with E-state index in [1.54, 1.807) is 6.07 Å². The van der Waals surface area contributed by atoms with E-state index in [1.165, 1.54) is 24.1 Å². The minimum absolute atomic E-state index is 0.00703. The molecule has 2 aliphatic heterocycles. The maximum atomic E-state index is 14.7. The average Bonchev–Trinajstić information content (AvgIpc) is 3.37. The van der Waals surface area contributed by atoms with Crippen LogP contribution in [-0.2, 0) is 16.9 Å². The fourth-order valence-electron chi connectivity index (χ4n) is 3.93. The number of benzene rings is 1. The second-order valence-corrected chi connectivity index (χ2v) is 7.24. The van der Waals surface area contributed by atoms with Gasteiger partial charge in [0.2, 0.25) is 0 Å². The molecule has 2 aliphatic rings. The molecular weight excluding hydrogens is 414 g/mol. The largest absolute Gasteiger partial charge is 0.494 e. The van der Waals surface area contributed by atoms with Crippen LogP contribution < -0.4 is 15.4 Å². The molecule has 0 unspecified atom stereocenters. The molecule has 0 saturated carbocycles. The number of fused-ring (bicyclic) bond motifs is 2. The van der Waals surface area contributed by atoms with E-state index in [0.29, 0.717) is 5.56 Å². The fraction of sp³-hybridized carbons (Fsp3) is 0.200. The Kier molecular flexibility index (Phi) is 3.97. The van der Waals surface area contributed by atoms with Crippen molar-refractivity contribution in [1.29, 1.82) is 0 Å².